The highest BCUT2D eigenvalue weighted by Gasteiger charge is 2.28. The van der Waals surface area contributed by atoms with Crippen molar-refractivity contribution in [1.29, 1.82) is 0 Å². The van der Waals surface area contributed by atoms with Crippen LogP contribution in [0.4, 0.5) is 0 Å². The second-order valence-corrected chi connectivity index (χ2v) is 4.57. The standard InChI is InChI=1S/C16H17NO/c17-10-5-11-18-16-14-8-3-1-6-12(14)13-7-2-4-9-15(13)16/h1-4,6-9,16H,5,10-11,17H2. The van der Waals surface area contributed by atoms with Gasteiger partial charge in [-0.1, -0.05) is 48.5 Å². The van der Waals surface area contributed by atoms with Crippen LogP contribution in [0.1, 0.15) is 23.7 Å². The maximum atomic E-state index is 6.02. The molecular weight excluding hydrogens is 222 g/mol. The molecular formula is C16H17NO. The fourth-order valence-electron chi connectivity index (χ4n) is 2.57. The van der Waals surface area contributed by atoms with E-state index in [-0.39, 0.29) is 6.10 Å². The van der Waals surface area contributed by atoms with Crippen molar-refractivity contribution in [2.45, 2.75) is 12.5 Å². The molecule has 0 aromatic heterocycles. The van der Waals surface area contributed by atoms with Crippen molar-refractivity contribution in [1.82, 2.24) is 0 Å². The van der Waals surface area contributed by atoms with Crippen LogP contribution in [0.3, 0.4) is 0 Å². The lowest BCUT2D eigenvalue weighted by molar-refractivity contribution is 0.0823. The van der Waals surface area contributed by atoms with Crippen LogP contribution < -0.4 is 5.73 Å². The molecule has 0 amide bonds. The number of ether oxygens (including phenoxy) is 1. The molecule has 3 rings (SSSR count). The van der Waals surface area contributed by atoms with Gasteiger partial charge >= 0.3 is 0 Å². The van der Waals surface area contributed by atoms with E-state index < -0.39 is 0 Å². The molecule has 2 N–H and O–H groups in total. The van der Waals surface area contributed by atoms with Gasteiger partial charge in [0.2, 0.25) is 0 Å². The maximum absolute atomic E-state index is 6.02. The molecule has 0 bridgehead atoms. The van der Waals surface area contributed by atoms with Crippen LogP contribution in [0.15, 0.2) is 48.5 Å². The van der Waals surface area contributed by atoms with Crippen molar-refractivity contribution >= 4 is 0 Å². The zero-order valence-corrected chi connectivity index (χ0v) is 10.3. The molecule has 0 heterocycles. The first kappa shape index (κ1) is 11.5. The number of fused-ring (bicyclic) bond motifs is 3. The van der Waals surface area contributed by atoms with E-state index in [1.807, 2.05) is 0 Å². The van der Waals surface area contributed by atoms with Crippen LogP contribution in [0.25, 0.3) is 11.1 Å². The Labute approximate surface area is 107 Å². The Hall–Kier alpha value is -1.64. The Kier molecular flexibility index (Phi) is 3.13. The normalized spacial score (nSPS) is 13.4. The van der Waals surface area contributed by atoms with Crippen LogP contribution >= 0.6 is 0 Å². The molecule has 0 spiro atoms. The van der Waals surface area contributed by atoms with E-state index in [2.05, 4.69) is 48.5 Å². The molecule has 0 saturated heterocycles. The average Bonchev–Trinajstić information content (AvgIpc) is 2.74. The molecule has 0 radical (unpaired) electrons. The molecule has 2 heteroatoms. The fourth-order valence-corrected chi connectivity index (χ4v) is 2.57. The summed E-state index contributed by atoms with van der Waals surface area (Å²) in [5.74, 6) is 0. The van der Waals surface area contributed by atoms with Crippen molar-refractivity contribution in [3.63, 3.8) is 0 Å². The van der Waals surface area contributed by atoms with E-state index in [9.17, 15) is 0 Å². The topological polar surface area (TPSA) is 35.2 Å². The van der Waals surface area contributed by atoms with Crippen molar-refractivity contribution < 1.29 is 4.74 Å². The lowest BCUT2D eigenvalue weighted by Crippen LogP contribution is -2.08. The van der Waals surface area contributed by atoms with Crippen molar-refractivity contribution in [2.75, 3.05) is 13.2 Å². The third-order valence-corrected chi connectivity index (χ3v) is 3.41. The highest BCUT2D eigenvalue weighted by atomic mass is 16.5. The minimum atomic E-state index is 0.0731. The van der Waals surface area contributed by atoms with Gasteiger partial charge in [0, 0.05) is 6.61 Å². The number of benzene rings is 2. The summed E-state index contributed by atoms with van der Waals surface area (Å²) in [5.41, 5.74) is 10.7. The first-order valence-electron chi connectivity index (χ1n) is 6.41. The Morgan fingerprint density at radius 3 is 2.00 bits per heavy atom. The first-order chi connectivity index (χ1) is 8.92. The summed E-state index contributed by atoms with van der Waals surface area (Å²) in [6, 6.07) is 17.0. The number of nitrogens with two attached hydrogens (primary N) is 1. The molecule has 0 saturated carbocycles. The number of rotatable bonds is 4. The molecule has 2 aromatic rings. The van der Waals surface area contributed by atoms with Gasteiger partial charge in [0.25, 0.3) is 0 Å². The minimum absolute atomic E-state index is 0.0731. The summed E-state index contributed by atoms with van der Waals surface area (Å²) in [4.78, 5) is 0. The van der Waals surface area contributed by atoms with Gasteiger partial charge in [-0.15, -0.1) is 0 Å². The van der Waals surface area contributed by atoms with Gasteiger partial charge in [-0.25, -0.2) is 0 Å². The largest absolute Gasteiger partial charge is 0.369 e. The summed E-state index contributed by atoms with van der Waals surface area (Å²) in [7, 11) is 0. The molecule has 0 fully saturated rings. The van der Waals surface area contributed by atoms with E-state index in [0.717, 1.165) is 6.42 Å². The molecule has 0 aliphatic heterocycles. The molecule has 2 aromatic carbocycles. The number of hydrogen-bond acceptors (Lipinski definition) is 2. The summed E-state index contributed by atoms with van der Waals surface area (Å²) in [6.45, 7) is 1.39. The monoisotopic (exact) mass is 239 g/mol. The van der Waals surface area contributed by atoms with Crippen LogP contribution in [-0.4, -0.2) is 13.2 Å². The molecule has 18 heavy (non-hydrogen) atoms. The van der Waals surface area contributed by atoms with Crippen molar-refractivity contribution in [3.05, 3.63) is 59.7 Å². The second kappa shape index (κ2) is 4.92. The van der Waals surface area contributed by atoms with Crippen LogP contribution in [0.5, 0.6) is 0 Å². The van der Waals surface area contributed by atoms with Gasteiger partial charge in [0.05, 0.1) is 0 Å². The molecule has 1 aliphatic rings. The van der Waals surface area contributed by atoms with E-state index in [0.29, 0.717) is 13.2 Å². The zero-order valence-electron chi connectivity index (χ0n) is 10.3. The maximum Gasteiger partial charge on any atom is 0.109 e. The third kappa shape index (κ3) is 1.84. The SMILES string of the molecule is NCCCOC1c2ccccc2-c2ccccc21. The van der Waals surface area contributed by atoms with Gasteiger partial charge in [-0.3, -0.25) is 0 Å². The molecule has 2 nitrogen and oxygen atoms in total. The third-order valence-electron chi connectivity index (χ3n) is 3.41. The summed E-state index contributed by atoms with van der Waals surface area (Å²) < 4.78 is 6.02. The van der Waals surface area contributed by atoms with Crippen LogP contribution in [0.2, 0.25) is 0 Å². The van der Waals surface area contributed by atoms with Gasteiger partial charge in [-0.05, 0) is 35.2 Å². The zero-order chi connectivity index (χ0) is 12.4. The second-order valence-electron chi connectivity index (χ2n) is 4.57. The van der Waals surface area contributed by atoms with Crippen molar-refractivity contribution in [2.24, 2.45) is 5.73 Å². The first-order valence-corrected chi connectivity index (χ1v) is 6.41. The predicted molar refractivity (Wildman–Crippen MR) is 73.3 cm³/mol. The van der Waals surface area contributed by atoms with Gasteiger partial charge in [-0.2, -0.15) is 0 Å². The van der Waals surface area contributed by atoms with E-state index in [4.69, 9.17) is 10.5 Å². The Balaban J connectivity index is 1.98. The van der Waals surface area contributed by atoms with Gasteiger partial charge < -0.3 is 10.5 Å². The fraction of sp³-hybridized carbons (Fsp3) is 0.250. The summed E-state index contributed by atoms with van der Waals surface area (Å²) in [5, 5.41) is 0. The predicted octanol–water partition coefficient (Wildman–Crippen LogP) is 3.12. The molecule has 1 aliphatic carbocycles. The quantitative estimate of drug-likeness (QED) is 0.832. The average molecular weight is 239 g/mol. The molecule has 0 atom stereocenters. The Morgan fingerprint density at radius 1 is 0.889 bits per heavy atom. The van der Waals surface area contributed by atoms with E-state index in [1.54, 1.807) is 0 Å². The van der Waals surface area contributed by atoms with Crippen LogP contribution in [0, 0.1) is 0 Å². The van der Waals surface area contributed by atoms with Crippen molar-refractivity contribution in [3.8, 4) is 11.1 Å². The summed E-state index contributed by atoms with van der Waals surface area (Å²) >= 11 is 0. The lowest BCUT2D eigenvalue weighted by Gasteiger charge is -2.14. The van der Waals surface area contributed by atoms with Crippen LogP contribution in [-0.2, 0) is 4.74 Å². The van der Waals surface area contributed by atoms with Gasteiger partial charge in [0.15, 0.2) is 0 Å². The highest BCUT2D eigenvalue weighted by molar-refractivity contribution is 5.77. The highest BCUT2D eigenvalue weighted by Crippen LogP contribution is 2.44. The minimum Gasteiger partial charge on any atom is -0.369 e. The molecule has 0 unspecified atom stereocenters. The van der Waals surface area contributed by atoms with E-state index >= 15 is 0 Å². The Morgan fingerprint density at radius 2 is 1.44 bits per heavy atom. The Bertz CT molecular complexity index is 505. The molecule has 92 valence electrons. The van der Waals surface area contributed by atoms with E-state index in [1.165, 1.54) is 22.3 Å². The van der Waals surface area contributed by atoms with Gasteiger partial charge in [0.1, 0.15) is 6.10 Å². The number of hydrogen-bond donors (Lipinski definition) is 1. The lowest BCUT2D eigenvalue weighted by atomic mass is 10.1. The smallest absolute Gasteiger partial charge is 0.109 e. The summed E-state index contributed by atoms with van der Waals surface area (Å²) in [6.07, 6.45) is 0.977.